The van der Waals surface area contributed by atoms with Crippen LogP contribution in [0.3, 0.4) is 0 Å². The number of rotatable bonds is 3. The summed E-state index contributed by atoms with van der Waals surface area (Å²) >= 11 is 0. The van der Waals surface area contributed by atoms with E-state index in [2.05, 4.69) is 4.74 Å². The van der Waals surface area contributed by atoms with E-state index in [1.54, 1.807) is 12.1 Å². The van der Waals surface area contributed by atoms with E-state index >= 15 is 0 Å². The van der Waals surface area contributed by atoms with Gasteiger partial charge < -0.3 is 15.6 Å². The summed E-state index contributed by atoms with van der Waals surface area (Å²) in [5.41, 5.74) is 5.78. The van der Waals surface area contributed by atoms with Gasteiger partial charge in [-0.1, -0.05) is 12.1 Å². The average molecular weight is 289 g/mol. The van der Waals surface area contributed by atoms with Crippen molar-refractivity contribution in [3.8, 4) is 5.75 Å². The van der Waals surface area contributed by atoms with Crippen molar-refractivity contribution in [2.45, 2.75) is 50.1 Å². The molecule has 1 aromatic rings. The van der Waals surface area contributed by atoms with Crippen molar-refractivity contribution in [2.75, 3.05) is 0 Å². The van der Waals surface area contributed by atoms with E-state index in [1.807, 2.05) is 0 Å². The Morgan fingerprint density at radius 3 is 2.25 bits per heavy atom. The highest BCUT2D eigenvalue weighted by molar-refractivity contribution is 5.28. The molecule has 2 rings (SSSR count). The first-order valence-corrected chi connectivity index (χ1v) is 6.58. The molecule has 0 spiro atoms. The lowest BCUT2D eigenvalue weighted by Gasteiger charge is -2.35. The summed E-state index contributed by atoms with van der Waals surface area (Å²) in [6.45, 7) is 0. The van der Waals surface area contributed by atoms with Gasteiger partial charge in [-0.25, -0.2) is 0 Å². The van der Waals surface area contributed by atoms with Gasteiger partial charge in [0.25, 0.3) is 0 Å². The number of alkyl halides is 3. The van der Waals surface area contributed by atoms with Crippen LogP contribution >= 0.6 is 0 Å². The van der Waals surface area contributed by atoms with E-state index < -0.39 is 12.0 Å². The number of aliphatic hydroxyl groups is 1. The Balaban J connectivity index is 1.97. The molecule has 1 saturated carbocycles. The van der Waals surface area contributed by atoms with Gasteiger partial charge in [0.2, 0.25) is 0 Å². The van der Waals surface area contributed by atoms with Gasteiger partial charge in [-0.15, -0.1) is 13.2 Å². The Hall–Kier alpha value is -1.27. The van der Waals surface area contributed by atoms with E-state index in [0.717, 1.165) is 18.4 Å². The summed E-state index contributed by atoms with van der Waals surface area (Å²) in [5.74, 6) is -0.251. The van der Waals surface area contributed by atoms with Crippen molar-refractivity contribution in [2.24, 2.45) is 5.73 Å². The third kappa shape index (κ3) is 4.38. The van der Waals surface area contributed by atoms with Crippen LogP contribution in [0.1, 0.15) is 31.2 Å². The summed E-state index contributed by atoms with van der Waals surface area (Å²) in [4.78, 5) is 0. The zero-order valence-corrected chi connectivity index (χ0v) is 11.0. The maximum Gasteiger partial charge on any atom is 0.573 e. The van der Waals surface area contributed by atoms with Gasteiger partial charge in [-0.3, -0.25) is 0 Å². The first kappa shape index (κ1) is 15.1. The number of ether oxygens (including phenoxy) is 1. The van der Waals surface area contributed by atoms with Gasteiger partial charge in [0.15, 0.2) is 0 Å². The fourth-order valence-corrected chi connectivity index (χ4v) is 2.54. The van der Waals surface area contributed by atoms with Crippen LogP contribution < -0.4 is 10.5 Å². The second kappa shape index (κ2) is 5.61. The molecule has 20 heavy (non-hydrogen) atoms. The molecule has 0 aromatic heterocycles. The molecule has 0 heterocycles. The molecule has 1 aliphatic carbocycles. The van der Waals surface area contributed by atoms with Crippen molar-refractivity contribution in [3.63, 3.8) is 0 Å². The molecule has 0 amide bonds. The highest BCUT2D eigenvalue weighted by Crippen LogP contribution is 2.31. The minimum atomic E-state index is -4.68. The van der Waals surface area contributed by atoms with Crippen molar-refractivity contribution in [1.82, 2.24) is 0 Å². The molecule has 1 aromatic carbocycles. The monoisotopic (exact) mass is 289 g/mol. The number of halogens is 3. The smallest absolute Gasteiger partial charge is 0.406 e. The summed E-state index contributed by atoms with van der Waals surface area (Å²) < 4.78 is 39.9. The van der Waals surface area contributed by atoms with Crippen LogP contribution in [-0.4, -0.2) is 23.1 Å². The Morgan fingerprint density at radius 1 is 1.20 bits per heavy atom. The van der Waals surface area contributed by atoms with Crippen LogP contribution in [0.2, 0.25) is 0 Å². The normalized spacial score (nSPS) is 27.4. The molecule has 3 nitrogen and oxygen atoms in total. The Kier molecular flexibility index (Phi) is 4.25. The van der Waals surface area contributed by atoms with E-state index in [0.29, 0.717) is 19.3 Å². The maximum atomic E-state index is 12.0. The van der Waals surface area contributed by atoms with Crippen LogP contribution in [0.4, 0.5) is 13.2 Å². The van der Waals surface area contributed by atoms with E-state index in [4.69, 9.17) is 5.73 Å². The summed E-state index contributed by atoms with van der Waals surface area (Å²) in [5, 5.41) is 10.4. The predicted octanol–water partition coefficient (Wildman–Crippen LogP) is 2.76. The van der Waals surface area contributed by atoms with Crippen LogP contribution in [0.15, 0.2) is 24.3 Å². The molecule has 1 aliphatic rings. The SMILES string of the molecule is NC1CCC(O)(Cc2ccc(OC(F)(F)F)cc2)CC1. The Labute approximate surface area is 115 Å². The molecule has 6 heteroatoms. The molecule has 0 saturated heterocycles. The molecule has 0 aliphatic heterocycles. The van der Waals surface area contributed by atoms with Gasteiger partial charge in [0, 0.05) is 12.5 Å². The van der Waals surface area contributed by atoms with E-state index in [9.17, 15) is 18.3 Å². The summed E-state index contributed by atoms with van der Waals surface area (Å²) in [6, 6.07) is 5.76. The molecular formula is C14H18F3NO2. The minimum Gasteiger partial charge on any atom is -0.406 e. The van der Waals surface area contributed by atoms with E-state index in [-0.39, 0.29) is 11.8 Å². The molecule has 0 bridgehead atoms. The molecule has 0 radical (unpaired) electrons. The van der Waals surface area contributed by atoms with Crippen molar-refractivity contribution in [3.05, 3.63) is 29.8 Å². The van der Waals surface area contributed by atoms with Crippen LogP contribution in [0.25, 0.3) is 0 Å². The average Bonchev–Trinajstić information content (AvgIpc) is 2.34. The topological polar surface area (TPSA) is 55.5 Å². The highest BCUT2D eigenvalue weighted by Gasteiger charge is 2.33. The standard InChI is InChI=1S/C14H18F3NO2/c15-14(16,17)20-12-3-1-10(2-4-12)9-13(19)7-5-11(18)6-8-13/h1-4,11,19H,5-9,18H2. The van der Waals surface area contributed by atoms with Crippen molar-refractivity contribution >= 4 is 0 Å². The molecule has 3 N–H and O–H groups in total. The lowest BCUT2D eigenvalue weighted by atomic mass is 9.79. The third-order valence-electron chi connectivity index (χ3n) is 3.65. The lowest BCUT2D eigenvalue weighted by molar-refractivity contribution is -0.274. The van der Waals surface area contributed by atoms with Gasteiger partial charge >= 0.3 is 6.36 Å². The first-order chi connectivity index (χ1) is 9.26. The lowest BCUT2D eigenvalue weighted by Crippen LogP contribution is -2.40. The quantitative estimate of drug-likeness (QED) is 0.899. The van der Waals surface area contributed by atoms with Crippen LogP contribution in [-0.2, 0) is 6.42 Å². The third-order valence-corrected chi connectivity index (χ3v) is 3.65. The predicted molar refractivity (Wildman–Crippen MR) is 68.2 cm³/mol. The van der Waals surface area contributed by atoms with Gasteiger partial charge in [0.1, 0.15) is 5.75 Å². The van der Waals surface area contributed by atoms with Crippen LogP contribution in [0.5, 0.6) is 5.75 Å². The van der Waals surface area contributed by atoms with Crippen molar-refractivity contribution in [1.29, 1.82) is 0 Å². The zero-order chi connectivity index (χ0) is 14.8. The largest absolute Gasteiger partial charge is 0.573 e. The molecule has 0 atom stereocenters. The fraction of sp³-hybridized carbons (Fsp3) is 0.571. The summed E-state index contributed by atoms with van der Waals surface area (Å²) in [6.07, 6.45) is -1.48. The van der Waals surface area contributed by atoms with E-state index in [1.165, 1.54) is 12.1 Å². The minimum absolute atomic E-state index is 0.137. The highest BCUT2D eigenvalue weighted by atomic mass is 19.4. The molecule has 1 fully saturated rings. The molecular weight excluding hydrogens is 271 g/mol. The Morgan fingerprint density at radius 2 is 1.75 bits per heavy atom. The fourth-order valence-electron chi connectivity index (χ4n) is 2.54. The summed E-state index contributed by atoms with van der Waals surface area (Å²) in [7, 11) is 0. The van der Waals surface area contributed by atoms with Gasteiger partial charge in [-0.2, -0.15) is 0 Å². The maximum absolute atomic E-state index is 12.0. The first-order valence-electron chi connectivity index (χ1n) is 6.58. The number of benzene rings is 1. The molecule has 0 unspecified atom stereocenters. The number of nitrogens with two attached hydrogens (primary N) is 1. The zero-order valence-electron chi connectivity index (χ0n) is 11.0. The second-order valence-corrected chi connectivity index (χ2v) is 5.43. The Bertz CT molecular complexity index is 437. The number of hydrogen-bond acceptors (Lipinski definition) is 3. The number of hydrogen-bond donors (Lipinski definition) is 2. The van der Waals surface area contributed by atoms with Crippen molar-refractivity contribution < 1.29 is 23.0 Å². The molecule has 112 valence electrons. The van der Waals surface area contributed by atoms with Gasteiger partial charge in [-0.05, 0) is 43.4 Å². The van der Waals surface area contributed by atoms with Crippen LogP contribution in [0, 0.1) is 0 Å². The second-order valence-electron chi connectivity index (χ2n) is 5.43. The van der Waals surface area contributed by atoms with Gasteiger partial charge in [0.05, 0.1) is 5.60 Å².